The summed E-state index contributed by atoms with van der Waals surface area (Å²) in [5.41, 5.74) is 2.82. The van der Waals surface area contributed by atoms with Crippen molar-refractivity contribution in [3.05, 3.63) is 84.6 Å². The molecule has 1 heterocycles. The number of amides is 2. The molecule has 2 aromatic carbocycles. The molecule has 1 aromatic heterocycles. The van der Waals surface area contributed by atoms with E-state index >= 15 is 0 Å². The van der Waals surface area contributed by atoms with Gasteiger partial charge in [0.1, 0.15) is 19.0 Å². The molecule has 9 heteroatoms. The summed E-state index contributed by atoms with van der Waals surface area (Å²) < 4.78 is 9.82. The van der Waals surface area contributed by atoms with Gasteiger partial charge >= 0.3 is 12.1 Å². The minimum Gasteiger partial charge on any atom is -0.469 e. The Bertz CT molecular complexity index is 1090. The zero-order valence-electron chi connectivity index (χ0n) is 19.4. The van der Waals surface area contributed by atoms with E-state index in [1.807, 2.05) is 60.7 Å². The van der Waals surface area contributed by atoms with Gasteiger partial charge in [0.25, 0.3) is 0 Å². The van der Waals surface area contributed by atoms with Gasteiger partial charge in [0, 0.05) is 6.20 Å². The van der Waals surface area contributed by atoms with Crippen molar-refractivity contribution in [1.29, 1.82) is 0 Å². The van der Waals surface area contributed by atoms with Crippen LogP contribution in [-0.2, 0) is 19.1 Å². The highest BCUT2D eigenvalue weighted by atomic mass is 16.5. The number of carbonyl (C=O) groups excluding carboxylic acids is 3. The number of pyridine rings is 1. The number of rotatable bonds is 11. The molecule has 3 rings (SSSR count). The van der Waals surface area contributed by atoms with Crippen LogP contribution < -0.4 is 16.0 Å². The van der Waals surface area contributed by atoms with Gasteiger partial charge in [0.2, 0.25) is 5.91 Å². The topological polar surface area (TPSA) is 119 Å². The lowest BCUT2D eigenvalue weighted by Gasteiger charge is -2.19. The molecule has 0 saturated carbocycles. The molecule has 2 amide bonds. The van der Waals surface area contributed by atoms with E-state index in [1.165, 1.54) is 7.11 Å². The van der Waals surface area contributed by atoms with Gasteiger partial charge in [-0.15, -0.1) is 0 Å². The number of esters is 1. The molecule has 35 heavy (non-hydrogen) atoms. The Morgan fingerprint density at radius 1 is 0.914 bits per heavy atom. The third-order valence-corrected chi connectivity index (χ3v) is 5.05. The molecular weight excluding hydrogens is 448 g/mol. The number of anilines is 1. The van der Waals surface area contributed by atoms with Crippen molar-refractivity contribution in [3.8, 4) is 11.1 Å². The van der Waals surface area contributed by atoms with E-state index in [2.05, 4.69) is 20.9 Å². The summed E-state index contributed by atoms with van der Waals surface area (Å²) in [6.45, 7) is 0.172. The van der Waals surface area contributed by atoms with Gasteiger partial charge < -0.3 is 25.4 Å². The van der Waals surface area contributed by atoms with Crippen molar-refractivity contribution in [2.45, 2.75) is 12.5 Å². The van der Waals surface area contributed by atoms with Gasteiger partial charge in [-0.3, -0.25) is 9.59 Å². The highest BCUT2D eigenvalue weighted by molar-refractivity contribution is 5.83. The first-order valence-electron chi connectivity index (χ1n) is 11.1. The first-order valence-corrected chi connectivity index (χ1v) is 11.1. The van der Waals surface area contributed by atoms with E-state index in [0.29, 0.717) is 12.4 Å². The van der Waals surface area contributed by atoms with Crippen molar-refractivity contribution >= 4 is 23.8 Å². The highest BCUT2D eigenvalue weighted by Crippen LogP contribution is 2.23. The molecule has 0 unspecified atom stereocenters. The summed E-state index contributed by atoms with van der Waals surface area (Å²) in [5, 5.41) is 8.18. The largest absolute Gasteiger partial charge is 0.469 e. The number of methoxy groups -OCH3 is 1. The molecule has 0 fully saturated rings. The lowest BCUT2D eigenvalue weighted by Crippen LogP contribution is -2.39. The number of ether oxygens (including phenoxy) is 2. The predicted molar refractivity (Wildman–Crippen MR) is 131 cm³/mol. The Morgan fingerprint density at radius 2 is 1.63 bits per heavy atom. The van der Waals surface area contributed by atoms with Gasteiger partial charge in [-0.05, 0) is 28.8 Å². The predicted octanol–water partition coefficient (Wildman–Crippen LogP) is 3.31. The van der Waals surface area contributed by atoms with Crippen LogP contribution in [0.15, 0.2) is 79.0 Å². The third-order valence-electron chi connectivity index (χ3n) is 5.05. The Labute approximate surface area is 203 Å². The van der Waals surface area contributed by atoms with Crippen LogP contribution in [-0.4, -0.2) is 49.8 Å². The summed E-state index contributed by atoms with van der Waals surface area (Å²) in [5.74, 6) is -0.255. The minimum atomic E-state index is -0.722. The zero-order valence-corrected chi connectivity index (χ0v) is 19.4. The monoisotopic (exact) mass is 476 g/mol. The molecule has 182 valence electrons. The number of nitrogens with zero attached hydrogens (tertiary/aromatic N) is 1. The fraction of sp³-hybridized carbons (Fsp3) is 0.231. The summed E-state index contributed by atoms with van der Waals surface area (Å²) >= 11 is 0. The van der Waals surface area contributed by atoms with E-state index < -0.39 is 24.0 Å². The van der Waals surface area contributed by atoms with Crippen molar-refractivity contribution < 1.29 is 23.9 Å². The van der Waals surface area contributed by atoms with Gasteiger partial charge in [0.15, 0.2) is 0 Å². The molecule has 3 N–H and O–H groups in total. The molecule has 0 spiro atoms. The smallest absolute Gasteiger partial charge is 0.407 e. The second kappa shape index (κ2) is 13.3. The maximum atomic E-state index is 12.5. The van der Waals surface area contributed by atoms with E-state index in [1.54, 1.807) is 18.3 Å². The molecule has 0 aliphatic heterocycles. The quantitative estimate of drug-likeness (QED) is 0.287. The van der Waals surface area contributed by atoms with E-state index in [0.717, 1.165) is 16.7 Å². The van der Waals surface area contributed by atoms with Crippen LogP contribution in [0.25, 0.3) is 11.1 Å². The first kappa shape index (κ1) is 25.2. The van der Waals surface area contributed by atoms with Crippen molar-refractivity contribution in [2.75, 3.05) is 32.1 Å². The van der Waals surface area contributed by atoms with Crippen LogP contribution in [0.1, 0.15) is 18.0 Å². The number of hydrogen-bond donors (Lipinski definition) is 3. The second-order valence-electron chi connectivity index (χ2n) is 7.52. The number of nitrogens with one attached hydrogen (secondary N) is 3. The standard InChI is InChI=1S/C26H28N4O5/c1-34-25(32)17-22(21-12-10-20(11-13-21)19-7-3-2-4-8-19)30-24(31)18-29-26(33)35-16-15-28-23-9-5-6-14-27-23/h2-14,22H,15-18H2,1H3,(H,27,28)(H,29,33)(H,30,31)/t22-/m1/s1. The molecule has 0 radical (unpaired) electrons. The van der Waals surface area contributed by atoms with Gasteiger partial charge in [-0.1, -0.05) is 60.7 Å². The van der Waals surface area contributed by atoms with Crippen LogP contribution in [0.4, 0.5) is 10.6 Å². The molecule has 3 aromatic rings. The number of alkyl carbamates (subject to hydrolysis) is 1. The zero-order chi connectivity index (χ0) is 24.9. The SMILES string of the molecule is COC(=O)C[C@@H](NC(=O)CNC(=O)OCCNc1ccccn1)c1ccc(-c2ccccc2)cc1. The maximum absolute atomic E-state index is 12.5. The Balaban J connectivity index is 1.48. The van der Waals surface area contributed by atoms with Gasteiger partial charge in [-0.25, -0.2) is 9.78 Å². The third kappa shape index (κ3) is 8.47. The second-order valence-corrected chi connectivity index (χ2v) is 7.52. The molecule has 1 atom stereocenters. The summed E-state index contributed by atoms with van der Waals surface area (Å²) in [7, 11) is 1.29. The van der Waals surface area contributed by atoms with Gasteiger partial charge in [0.05, 0.1) is 26.1 Å². The summed E-state index contributed by atoms with van der Waals surface area (Å²) in [6.07, 6.45) is 0.885. The maximum Gasteiger partial charge on any atom is 0.407 e. The molecule has 0 bridgehead atoms. The van der Waals surface area contributed by atoms with E-state index in [4.69, 9.17) is 9.47 Å². The lowest BCUT2D eigenvalue weighted by atomic mass is 9.99. The van der Waals surface area contributed by atoms with Crippen LogP contribution in [0, 0.1) is 0 Å². The Kier molecular flexibility index (Phi) is 9.62. The fourth-order valence-electron chi connectivity index (χ4n) is 3.28. The fourth-order valence-corrected chi connectivity index (χ4v) is 3.28. The summed E-state index contributed by atoms with van der Waals surface area (Å²) in [6, 6.07) is 22.3. The van der Waals surface area contributed by atoms with Gasteiger partial charge in [-0.2, -0.15) is 0 Å². The van der Waals surface area contributed by atoms with Crippen LogP contribution in [0.5, 0.6) is 0 Å². The van der Waals surface area contributed by atoms with Crippen LogP contribution >= 0.6 is 0 Å². The normalized spacial score (nSPS) is 11.1. The number of carbonyl (C=O) groups is 3. The molecule has 0 saturated heterocycles. The molecule has 9 nitrogen and oxygen atoms in total. The Morgan fingerprint density at radius 3 is 2.31 bits per heavy atom. The lowest BCUT2D eigenvalue weighted by molar-refractivity contribution is -0.141. The van der Waals surface area contributed by atoms with Crippen LogP contribution in [0.2, 0.25) is 0 Å². The molecule has 0 aliphatic carbocycles. The average Bonchev–Trinajstić information content (AvgIpc) is 2.90. The number of hydrogen-bond acceptors (Lipinski definition) is 7. The first-order chi connectivity index (χ1) is 17.0. The van der Waals surface area contributed by atoms with Crippen molar-refractivity contribution in [1.82, 2.24) is 15.6 Å². The minimum absolute atomic E-state index is 0.0451. The van der Waals surface area contributed by atoms with Crippen molar-refractivity contribution in [2.24, 2.45) is 0 Å². The average molecular weight is 477 g/mol. The molecule has 0 aliphatic rings. The molecular formula is C26H28N4O5. The number of benzene rings is 2. The number of aromatic nitrogens is 1. The van der Waals surface area contributed by atoms with E-state index in [9.17, 15) is 14.4 Å². The van der Waals surface area contributed by atoms with Crippen LogP contribution in [0.3, 0.4) is 0 Å². The Hall–Kier alpha value is -4.40. The van der Waals surface area contributed by atoms with Crippen molar-refractivity contribution in [3.63, 3.8) is 0 Å². The summed E-state index contributed by atoms with van der Waals surface area (Å²) in [4.78, 5) is 40.3. The highest BCUT2D eigenvalue weighted by Gasteiger charge is 2.19. The van der Waals surface area contributed by atoms with E-state index in [-0.39, 0.29) is 19.6 Å².